The quantitative estimate of drug-likeness (QED) is 0.578. The highest BCUT2D eigenvalue weighted by atomic mass is 19.4. The second-order valence-electron chi connectivity index (χ2n) is 4.22. The van der Waals surface area contributed by atoms with Crippen molar-refractivity contribution in [2.24, 2.45) is 5.92 Å². The Morgan fingerprint density at radius 2 is 1.94 bits per heavy atom. The maximum absolute atomic E-state index is 13.7. The van der Waals surface area contributed by atoms with Gasteiger partial charge in [0.25, 0.3) is 0 Å². The first-order valence-electron chi connectivity index (χ1n) is 5.69. The molecule has 0 aliphatic rings. The Morgan fingerprint density at radius 1 is 1.33 bits per heavy atom. The molecule has 5 heteroatoms. The number of carbonyl (C=O) groups is 1. The van der Waals surface area contributed by atoms with Crippen LogP contribution in [0, 0.1) is 11.7 Å². The minimum absolute atomic E-state index is 0.479. The van der Waals surface area contributed by atoms with Crippen LogP contribution >= 0.6 is 0 Å². The highest BCUT2D eigenvalue weighted by Crippen LogP contribution is 2.33. The van der Waals surface area contributed by atoms with Gasteiger partial charge in [-0.15, -0.1) is 0 Å². The summed E-state index contributed by atoms with van der Waals surface area (Å²) in [5, 5.41) is 0. The lowest BCUT2D eigenvalue weighted by Crippen LogP contribution is -2.16. The third-order valence-corrected chi connectivity index (χ3v) is 2.74. The van der Waals surface area contributed by atoms with Crippen molar-refractivity contribution >= 4 is 5.78 Å². The highest BCUT2D eigenvalue weighted by Gasteiger charge is 2.36. The van der Waals surface area contributed by atoms with E-state index in [-0.39, 0.29) is 0 Å². The molecule has 1 atom stereocenters. The van der Waals surface area contributed by atoms with Crippen molar-refractivity contribution in [3.8, 4) is 0 Å². The molecule has 1 nitrogen and oxygen atoms in total. The fourth-order valence-corrected chi connectivity index (χ4v) is 1.77. The van der Waals surface area contributed by atoms with Gasteiger partial charge in [0.15, 0.2) is 5.78 Å². The molecule has 1 rings (SSSR count). The smallest absolute Gasteiger partial charge is 0.294 e. The van der Waals surface area contributed by atoms with Gasteiger partial charge >= 0.3 is 6.18 Å². The van der Waals surface area contributed by atoms with Gasteiger partial charge in [-0.1, -0.05) is 26.3 Å². The fourth-order valence-electron chi connectivity index (χ4n) is 1.77. The zero-order chi connectivity index (χ0) is 13.9. The number of benzene rings is 1. The second kappa shape index (κ2) is 5.50. The van der Waals surface area contributed by atoms with Crippen LogP contribution in [0.2, 0.25) is 0 Å². The average Bonchev–Trinajstić information content (AvgIpc) is 2.27. The summed E-state index contributed by atoms with van der Waals surface area (Å²) in [4.78, 5) is 11.8. The van der Waals surface area contributed by atoms with Gasteiger partial charge in [-0.3, -0.25) is 4.79 Å². The van der Waals surface area contributed by atoms with E-state index in [0.29, 0.717) is 18.9 Å². The van der Waals surface area contributed by atoms with Crippen molar-refractivity contribution in [2.75, 3.05) is 0 Å². The lowest BCUT2D eigenvalue weighted by molar-refractivity contribution is -0.140. The SMILES string of the molecule is CCCC(C)C(=O)c1cccc(C(F)(F)F)c1F. The largest absolute Gasteiger partial charge is 0.419 e. The summed E-state index contributed by atoms with van der Waals surface area (Å²) < 4.78 is 51.1. The van der Waals surface area contributed by atoms with Crippen molar-refractivity contribution < 1.29 is 22.4 Å². The molecule has 0 saturated carbocycles. The fraction of sp³-hybridized carbons (Fsp3) is 0.462. The number of carbonyl (C=O) groups excluding carboxylic acids is 1. The van der Waals surface area contributed by atoms with E-state index in [2.05, 4.69) is 0 Å². The molecule has 0 bridgehead atoms. The van der Waals surface area contributed by atoms with E-state index in [1.54, 1.807) is 6.92 Å². The summed E-state index contributed by atoms with van der Waals surface area (Å²) >= 11 is 0. The molecular formula is C13H14F4O. The van der Waals surface area contributed by atoms with Crippen LogP contribution in [0.25, 0.3) is 0 Å². The minimum atomic E-state index is -4.78. The zero-order valence-corrected chi connectivity index (χ0v) is 10.1. The van der Waals surface area contributed by atoms with Crippen LogP contribution < -0.4 is 0 Å². The number of hydrogen-bond donors (Lipinski definition) is 0. The second-order valence-corrected chi connectivity index (χ2v) is 4.22. The van der Waals surface area contributed by atoms with Gasteiger partial charge in [0.2, 0.25) is 0 Å². The third kappa shape index (κ3) is 3.09. The average molecular weight is 262 g/mol. The Balaban J connectivity index is 3.15. The number of ketones is 1. The molecule has 18 heavy (non-hydrogen) atoms. The molecule has 0 aliphatic carbocycles. The van der Waals surface area contributed by atoms with E-state index in [9.17, 15) is 22.4 Å². The van der Waals surface area contributed by atoms with E-state index in [1.165, 1.54) is 0 Å². The number of rotatable bonds is 4. The Bertz CT molecular complexity index is 437. The molecule has 0 spiro atoms. The number of Topliss-reactive ketones (excluding diaryl/α,β-unsaturated/α-hetero) is 1. The van der Waals surface area contributed by atoms with Crippen molar-refractivity contribution in [2.45, 2.75) is 32.9 Å². The summed E-state index contributed by atoms with van der Waals surface area (Å²) in [6.07, 6.45) is -3.55. The van der Waals surface area contributed by atoms with E-state index in [0.717, 1.165) is 12.1 Å². The Kier molecular flexibility index (Phi) is 4.48. The molecule has 0 fully saturated rings. The van der Waals surface area contributed by atoms with Crippen LogP contribution in [0.4, 0.5) is 17.6 Å². The summed E-state index contributed by atoms with van der Waals surface area (Å²) in [6, 6.07) is 2.79. The highest BCUT2D eigenvalue weighted by molar-refractivity contribution is 5.98. The maximum atomic E-state index is 13.7. The predicted octanol–water partition coefficient (Wildman–Crippen LogP) is 4.46. The van der Waals surface area contributed by atoms with Crippen molar-refractivity contribution in [3.05, 3.63) is 35.1 Å². The molecule has 0 amide bonds. The first kappa shape index (κ1) is 14.7. The summed E-state index contributed by atoms with van der Waals surface area (Å²) in [5.74, 6) is -2.54. The van der Waals surface area contributed by atoms with Gasteiger partial charge in [0.05, 0.1) is 11.1 Å². The molecule has 0 heterocycles. The summed E-state index contributed by atoms with van der Waals surface area (Å²) in [7, 11) is 0. The molecule has 0 N–H and O–H groups in total. The number of hydrogen-bond acceptors (Lipinski definition) is 1. The number of halogens is 4. The van der Waals surface area contributed by atoms with E-state index >= 15 is 0 Å². The minimum Gasteiger partial charge on any atom is -0.294 e. The Hall–Kier alpha value is -1.39. The number of alkyl halides is 3. The Labute approximate surface area is 103 Å². The normalized spacial score (nSPS) is 13.4. The third-order valence-electron chi connectivity index (χ3n) is 2.74. The molecule has 1 aromatic carbocycles. The topological polar surface area (TPSA) is 17.1 Å². The predicted molar refractivity (Wildman–Crippen MR) is 59.8 cm³/mol. The van der Waals surface area contributed by atoms with Crippen molar-refractivity contribution in [1.29, 1.82) is 0 Å². The first-order chi connectivity index (χ1) is 8.29. The van der Waals surface area contributed by atoms with Gasteiger partial charge in [-0.2, -0.15) is 13.2 Å². The van der Waals surface area contributed by atoms with Gasteiger partial charge < -0.3 is 0 Å². The van der Waals surface area contributed by atoms with E-state index in [4.69, 9.17) is 0 Å². The van der Waals surface area contributed by atoms with Gasteiger partial charge in [-0.25, -0.2) is 4.39 Å². The van der Waals surface area contributed by atoms with Crippen LogP contribution in [0.15, 0.2) is 18.2 Å². The molecule has 1 aromatic rings. The molecule has 100 valence electrons. The molecule has 0 aromatic heterocycles. The van der Waals surface area contributed by atoms with Crippen LogP contribution in [0.1, 0.15) is 42.6 Å². The lowest BCUT2D eigenvalue weighted by atomic mass is 9.94. The van der Waals surface area contributed by atoms with Crippen LogP contribution in [0.5, 0.6) is 0 Å². The maximum Gasteiger partial charge on any atom is 0.419 e. The first-order valence-corrected chi connectivity index (χ1v) is 5.69. The van der Waals surface area contributed by atoms with E-state index < -0.39 is 34.8 Å². The van der Waals surface area contributed by atoms with Crippen molar-refractivity contribution in [3.63, 3.8) is 0 Å². The van der Waals surface area contributed by atoms with Crippen LogP contribution in [-0.4, -0.2) is 5.78 Å². The molecule has 0 radical (unpaired) electrons. The molecular weight excluding hydrogens is 248 g/mol. The molecule has 1 unspecified atom stereocenters. The van der Waals surface area contributed by atoms with Crippen LogP contribution in [-0.2, 0) is 6.18 Å². The van der Waals surface area contributed by atoms with E-state index in [1.807, 2.05) is 6.92 Å². The Morgan fingerprint density at radius 3 is 2.44 bits per heavy atom. The zero-order valence-electron chi connectivity index (χ0n) is 10.1. The molecule has 0 aliphatic heterocycles. The lowest BCUT2D eigenvalue weighted by Gasteiger charge is -2.13. The van der Waals surface area contributed by atoms with Crippen LogP contribution in [0.3, 0.4) is 0 Å². The summed E-state index contributed by atoms with van der Waals surface area (Å²) in [6.45, 7) is 3.44. The van der Waals surface area contributed by atoms with Gasteiger partial charge in [0.1, 0.15) is 5.82 Å². The summed E-state index contributed by atoms with van der Waals surface area (Å²) in [5.41, 5.74) is -1.87. The molecule has 0 saturated heterocycles. The van der Waals surface area contributed by atoms with Crippen molar-refractivity contribution in [1.82, 2.24) is 0 Å². The van der Waals surface area contributed by atoms with Gasteiger partial charge in [-0.05, 0) is 18.6 Å². The van der Waals surface area contributed by atoms with Gasteiger partial charge in [0, 0.05) is 5.92 Å². The monoisotopic (exact) mass is 262 g/mol. The standard InChI is InChI=1S/C13H14F4O/c1-3-5-8(2)12(18)9-6-4-7-10(11(9)14)13(15,16)17/h4,6-8H,3,5H2,1-2H3.